The first-order chi connectivity index (χ1) is 12.6. The van der Waals surface area contributed by atoms with Crippen molar-refractivity contribution in [1.29, 1.82) is 0 Å². The minimum atomic E-state index is -3.92. The number of hydrogen-bond donors (Lipinski definition) is 0. The lowest BCUT2D eigenvalue weighted by Gasteiger charge is -2.34. The fourth-order valence-corrected chi connectivity index (χ4v) is 4.55. The Kier molecular flexibility index (Phi) is 5.24. The molecule has 1 aliphatic heterocycles. The van der Waals surface area contributed by atoms with Crippen LogP contribution in [0.5, 0.6) is 5.75 Å². The van der Waals surface area contributed by atoms with Gasteiger partial charge >= 0.3 is 0 Å². The third kappa shape index (κ3) is 3.56. The minimum absolute atomic E-state index is 0.153. The fraction of sp³-hybridized carbons (Fsp3) is 0.412. The molecule has 10 heteroatoms. The molecule has 0 bridgehead atoms. The second kappa shape index (κ2) is 7.17. The lowest BCUT2D eigenvalue weighted by Crippen LogP contribution is -2.47. The Labute approximate surface area is 154 Å². The molecule has 0 spiro atoms. The van der Waals surface area contributed by atoms with Crippen LogP contribution in [0.25, 0.3) is 11.3 Å². The van der Waals surface area contributed by atoms with Crippen LogP contribution >= 0.6 is 0 Å². The maximum Gasteiger partial charge on any atom is 0.246 e. The first-order valence-electron chi connectivity index (χ1n) is 8.11. The zero-order chi connectivity index (χ0) is 19.9. The number of furan rings is 1. The molecule has 1 fully saturated rings. The molecular formula is C17H18F3NO5S. The van der Waals surface area contributed by atoms with Crippen molar-refractivity contribution in [2.75, 3.05) is 20.2 Å². The molecule has 1 unspecified atom stereocenters. The third-order valence-corrected chi connectivity index (χ3v) is 5.97. The number of hydrogen-bond acceptors (Lipinski definition) is 5. The van der Waals surface area contributed by atoms with Gasteiger partial charge in [0, 0.05) is 19.2 Å². The van der Waals surface area contributed by atoms with E-state index in [-0.39, 0.29) is 36.0 Å². The Morgan fingerprint density at radius 1 is 1.11 bits per heavy atom. The molecule has 2 heterocycles. The van der Waals surface area contributed by atoms with Crippen LogP contribution in [0, 0.1) is 17.5 Å². The smallest absolute Gasteiger partial charge is 0.246 e. The van der Waals surface area contributed by atoms with E-state index in [9.17, 15) is 21.6 Å². The Bertz CT molecular complexity index is 950. The Morgan fingerprint density at radius 3 is 2.33 bits per heavy atom. The van der Waals surface area contributed by atoms with Crippen LogP contribution in [0.4, 0.5) is 13.2 Å². The Balaban J connectivity index is 1.99. The average molecular weight is 405 g/mol. The van der Waals surface area contributed by atoms with Crippen molar-refractivity contribution in [2.45, 2.75) is 31.0 Å². The van der Waals surface area contributed by atoms with Gasteiger partial charge in [-0.1, -0.05) is 0 Å². The molecule has 2 atom stereocenters. The molecule has 0 amide bonds. The zero-order valence-electron chi connectivity index (χ0n) is 14.8. The van der Waals surface area contributed by atoms with Crippen LogP contribution in [0.2, 0.25) is 0 Å². The van der Waals surface area contributed by atoms with Gasteiger partial charge in [0.15, 0.2) is 17.4 Å². The molecule has 1 aliphatic rings. The fourth-order valence-electron chi connectivity index (χ4n) is 3.01. The normalized spacial score (nSPS) is 21.4. The second-order valence-electron chi connectivity index (χ2n) is 6.29. The van der Waals surface area contributed by atoms with Crippen LogP contribution in [0.15, 0.2) is 27.7 Å². The van der Waals surface area contributed by atoms with Crippen molar-refractivity contribution in [3.63, 3.8) is 0 Å². The second-order valence-corrected chi connectivity index (χ2v) is 8.23. The summed E-state index contributed by atoms with van der Waals surface area (Å²) in [4.78, 5) is -0.220. The number of ether oxygens (including phenoxy) is 2. The van der Waals surface area contributed by atoms with Gasteiger partial charge in [-0.25, -0.2) is 17.2 Å². The highest BCUT2D eigenvalue weighted by Gasteiger charge is 2.34. The molecule has 0 aliphatic carbocycles. The quantitative estimate of drug-likeness (QED) is 0.731. The molecule has 1 saturated heterocycles. The van der Waals surface area contributed by atoms with E-state index >= 15 is 0 Å². The van der Waals surface area contributed by atoms with E-state index in [0.29, 0.717) is 6.07 Å². The van der Waals surface area contributed by atoms with Gasteiger partial charge in [-0.3, -0.25) is 0 Å². The SMILES string of the molecule is COc1c(F)c(F)cc(-c2cc(S(=O)(=O)N3CC(C)O[C@@H](C)C3)co2)c1F. The molecule has 1 aromatic carbocycles. The van der Waals surface area contributed by atoms with E-state index in [1.54, 1.807) is 13.8 Å². The number of methoxy groups -OCH3 is 1. The highest BCUT2D eigenvalue weighted by Crippen LogP contribution is 2.35. The predicted molar refractivity (Wildman–Crippen MR) is 89.3 cm³/mol. The highest BCUT2D eigenvalue weighted by atomic mass is 32.2. The number of halogens is 3. The van der Waals surface area contributed by atoms with E-state index < -0.39 is 38.8 Å². The van der Waals surface area contributed by atoms with Crippen LogP contribution in [0.1, 0.15) is 13.8 Å². The molecule has 0 N–H and O–H groups in total. The number of nitrogens with zero attached hydrogens (tertiary/aromatic N) is 1. The summed E-state index contributed by atoms with van der Waals surface area (Å²) in [6.45, 7) is 3.81. The molecule has 27 heavy (non-hydrogen) atoms. The predicted octanol–water partition coefficient (Wildman–Crippen LogP) is 3.17. The van der Waals surface area contributed by atoms with E-state index in [0.717, 1.165) is 19.4 Å². The summed E-state index contributed by atoms with van der Waals surface area (Å²) in [5.74, 6) is -5.20. The zero-order valence-corrected chi connectivity index (χ0v) is 15.6. The van der Waals surface area contributed by atoms with Gasteiger partial charge in [0.1, 0.15) is 16.9 Å². The summed E-state index contributed by atoms with van der Waals surface area (Å²) in [7, 11) is -2.93. The van der Waals surface area contributed by atoms with Gasteiger partial charge in [-0.2, -0.15) is 8.70 Å². The molecule has 3 rings (SSSR count). The molecule has 6 nitrogen and oxygen atoms in total. The largest absolute Gasteiger partial charge is 0.491 e. The van der Waals surface area contributed by atoms with Crippen molar-refractivity contribution in [2.24, 2.45) is 0 Å². The van der Waals surface area contributed by atoms with E-state index in [4.69, 9.17) is 9.15 Å². The van der Waals surface area contributed by atoms with Crippen LogP contribution in [0.3, 0.4) is 0 Å². The van der Waals surface area contributed by atoms with Crippen molar-refractivity contribution in [3.8, 4) is 17.1 Å². The maximum atomic E-state index is 14.4. The van der Waals surface area contributed by atoms with Crippen LogP contribution in [-0.2, 0) is 14.8 Å². The van der Waals surface area contributed by atoms with Gasteiger partial charge in [-0.05, 0) is 19.9 Å². The number of sulfonamides is 1. The lowest BCUT2D eigenvalue weighted by atomic mass is 10.1. The number of morpholine rings is 1. The summed E-state index contributed by atoms with van der Waals surface area (Å²) < 4.78 is 83.7. The number of rotatable bonds is 4. The Hall–Kier alpha value is -2.04. The summed E-state index contributed by atoms with van der Waals surface area (Å²) in [5.41, 5.74) is -0.448. The monoisotopic (exact) mass is 405 g/mol. The molecule has 2 aromatic rings. The highest BCUT2D eigenvalue weighted by molar-refractivity contribution is 7.89. The van der Waals surface area contributed by atoms with E-state index in [2.05, 4.69) is 4.74 Å². The van der Waals surface area contributed by atoms with Gasteiger partial charge in [0.05, 0.1) is 24.9 Å². The first kappa shape index (κ1) is 19.7. The maximum absolute atomic E-state index is 14.4. The lowest BCUT2D eigenvalue weighted by molar-refractivity contribution is -0.0440. The van der Waals surface area contributed by atoms with Gasteiger partial charge in [0.25, 0.3) is 0 Å². The topological polar surface area (TPSA) is 69.0 Å². The van der Waals surface area contributed by atoms with E-state index in [1.165, 1.54) is 4.31 Å². The van der Waals surface area contributed by atoms with E-state index in [1.807, 2.05) is 0 Å². The Morgan fingerprint density at radius 2 is 1.74 bits per heavy atom. The van der Waals surface area contributed by atoms with Gasteiger partial charge in [0.2, 0.25) is 15.8 Å². The summed E-state index contributed by atoms with van der Waals surface area (Å²) in [6.07, 6.45) is 0.355. The minimum Gasteiger partial charge on any atom is -0.491 e. The summed E-state index contributed by atoms with van der Waals surface area (Å²) >= 11 is 0. The molecule has 0 saturated carbocycles. The van der Waals surface area contributed by atoms with Gasteiger partial charge in [-0.15, -0.1) is 0 Å². The average Bonchev–Trinajstić information content (AvgIpc) is 3.08. The van der Waals surface area contributed by atoms with Crippen molar-refractivity contribution in [3.05, 3.63) is 35.8 Å². The van der Waals surface area contributed by atoms with Crippen molar-refractivity contribution >= 4 is 10.0 Å². The molecular weight excluding hydrogens is 387 g/mol. The summed E-state index contributed by atoms with van der Waals surface area (Å²) in [5, 5.41) is 0. The van der Waals surface area contributed by atoms with Crippen LogP contribution < -0.4 is 4.74 Å². The van der Waals surface area contributed by atoms with Crippen LogP contribution in [-0.4, -0.2) is 45.1 Å². The van der Waals surface area contributed by atoms with Gasteiger partial charge < -0.3 is 13.9 Å². The third-order valence-electron chi connectivity index (χ3n) is 4.18. The molecule has 0 radical (unpaired) electrons. The van der Waals surface area contributed by atoms with Crippen molar-refractivity contribution in [1.82, 2.24) is 4.31 Å². The molecule has 1 aromatic heterocycles. The molecule has 148 valence electrons. The first-order valence-corrected chi connectivity index (χ1v) is 9.55. The standard InChI is InChI=1S/C17H18F3NO5S/c1-9-6-21(7-10(2)26-9)27(22,23)11-4-14(25-8-11)12-5-13(18)16(20)17(24-3)15(12)19/h4-5,8-10H,6-7H2,1-3H3/t9-,10?/m0/s1. The van der Waals surface area contributed by atoms with Crippen molar-refractivity contribution < 1.29 is 35.5 Å². The number of benzene rings is 1. The summed E-state index contributed by atoms with van der Waals surface area (Å²) in [6, 6.07) is 1.65.